The van der Waals surface area contributed by atoms with Crippen LogP contribution in [0.15, 0.2) is 72.8 Å². The summed E-state index contributed by atoms with van der Waals surface area (Å²) < 4.78 is 38.9. The predicted octanol–water partition coefficient (Wildman–Crippen LogP) is 11.0. The van der Waals surface area contributed by atoms with Crippen LogP contribution >= 0.6 is 0 Å². The fraction of sp³-hybridized carbons (Fsp3) is 0.688. The third-order valence-corrected chi connectivity index (χ3v) is 27.2. The molecular weight excluding hydrogens is 773 g/mol. The van der Waals surface area contributed by atoms with E-state index in [1.54, 1.807) is 20.3 Å². The summed E-state index contributed by atoms with van der Waals surface area (Å²) in [6.07, 6.45) is 3.76. The Hall–Kier alpha value is -1.74. The van der Waals surface area contributed by atoms with Crippen LogP contribution in [0.1, 0.15) is 96.4 Å². The molecule has 2 aromatic rings. The van der Waals surface area contributed by atoms with E-state index >= 15 is 0 Å². The van der Waals surface area contributed by atoms with Crippen LogP contribution in [0.25, 0.3) is 0 Å². The zero-order valence-electron chi connectivity index (χ0n) is 40.2. The Balaban J connectivity index is 2.41. The van der Waals surface area contributed by atoms with Crippen molar-refractivity contribution in [3.63, 3.8) is 0 Å². The lowest BCUT2D eigenvalue weighted by atomic mass is 9.89. The smallest absolute Gasteiger partial charge is 0.261 e. The highest BCUT2D eigenvalue weighted by molar-refractivity contribution is 6.99. The van der Waals surface area contributed by atoms with Crippen LogP contribution in [0.4, 0.5) is 0 Å². The SMILES string of the molecule is COCO[C@@H](C[C@H](OC)[C@@H](C)/C=C/C(=O)[C@H](C)[C@H](O[Si](C)(C)C(C)(C)C)[C@H](C)CO[Si](c1ccccc1)(c1ccccc1)C(C)(C)C)[C@H](C)CO[Si](C)(C)C(C)(C)C. The Labute approximate surface area is 358 Å². The second-order valence-electron chi connectivity index (χ2n) is 20.9. The van der Waals surface area contributed by atoms with Crippen molar-refractivity contribution in [2.75, 3.05) is 34.2 Å². The normalized spacial score (nSPS) is 17.4. The van der Waals surface area contributed by atoms with Crippen molar-refractivity contribution in [3.8, 4) is 0 Å². The van der Waals surface area contributed by atoms with Gasteiger partial charge in [-0.25, -0.2) is 0 Å². The molecule has 58 heavy (non-hydrogen) atoms. The van der Waals surface area contributed by atoms with Gasteiger partial charge in [-0.3, -0.25) is 4.79 Å². The largest absolute Gasteiger partial charge is 0.416 e. The topological polar surface area (TPSA) is 72.5 Å². The van der Waals surface area contributed by atoms with Gasteiger partial charge in [-0.1, -0.05) is 157 Å². The van der Waals surface area contributed by atoms with Crippen molar-refractivity contribution >= 4 is 41.1 Å². The van der Waals surface area contributed by atoms with Crippen molar-refractivity contribution in [2.24, 2.45) is 23.7 Å². The van der Waals surface area contributed by atoms with Gasteiger partial charge in [-0.2, -0.15) is 0 Å². The molecule has 2 rings (SSSR count). The minimum atomic E-state index is -2.80. The van der Waals surface area contributed by atoms with Gasteiger partial charge in [0.2, 0.25) is 0 Å². The molecule has 0 heterocycles. The van der Waals surface area contributed by atoms with Crippen LogP contribution in [0.2, 0.25) is 41.3 Å². The second kappa shape index (κ2) is 21.9. The Morgan fingerprint density at radius 2 is 1.14 bits per heavy atom. The summed E-state index contributed by atoms with van der Waals surface area (Å²) in [5, 5.41) is 2.41. The summed E-state index contributed by atoms with van der Waals surface area (Å²) >= 11 is 0. The molecule has 0 saturated carbocycles. The molecule has 0 amide bonds. The van der Waals surface area contributed by atoms with E-state index in [0.29, 0.717) is 19.6 Å². The van der Waals surface area contributed by atoms with Gasteiger partial charge in [-0.05, 0) is 57.8 Å². The molecule has 0 aromatic heterocycles. The standard InChI is InChI=1S/C48H84O7Si3/c1-36(43(51-15)32-44(52-35-50-14)37(2)33-53-56(16,17)46(5,6)7)30-31-42(49)39(4)45(55-57(18,19)47(8,9)10)38(3)34-54-58(48(11,12)13,40-26-22-20-23-27-40)41-28-24-21-25-29-41/h20-31,36-39,43-45H,32-35H2,1-19H3/b31-30+/t36-,37+,38+,39-,43-,44-,45+/m0/s1. The number of methoxy groups -OCH3 is 2. The maximum absolute atomic E-state index is 14.3. The number of allylic oxidation sites excluding steroid dienone is 1. The molecule has 10 heteroatoms. The van der Waals surface area contributed by atoms with Crippen LogP contribution in [0, 0.1) is 23.7 Å². The van der Waals surface area contributed by atoms with Gasteiger partial charge >= 0.3 is 0 Å². The lowest BCUT2D eigenvalue weighted by Crippen LogP contribution is -2.67. The number of carbonyl (C=O) groups is 1. The minimum absolute atomic E-state index is 0.0308. The summed E-state index contributed by atoms with van der Waals surface area (Å²) in [6, 6.07) is 21.5. The first-order valence-corrected chi connectivity index (χ1v) is 29.3. The monoisotopic (exact) mass is 857 g/mol. The van der Waals surface area contributed by atoms with E-state index in [1.807, 2.05) is 13.0 Å². The average molecular weight is 857 g/mol. The summed E-state index contributed by atoms with van der Waals surface area (Å²) in [4.78, 5) is 14.3. The first-order chi connectivity index (χ1) is 26.7. The van der Waals surface area contributed by atoms with Crippen LogP contribution in [-0.4, -0.2) is 83.3 Å². The molecule has 0 aliphatic rings. The van der Waals surface area contributed by atoms with E-state index in [2.05, 4.69) is 170 Å². The van der Waals surface area contributed by atoms with Gasteiger partial charge in [0, 0.05) is 57.5 Å². The van der Waals surface area contributed by atoms with Gasteiger partial charge in [0.1, 0.15) is 6.79 Å². The molecule has 0 unspecified atom stereocenters. The van der Waals surface area contributed by atoms with Crippen molar-refractivity contribution in [1.82, 2.24) is 0 Å². The van der Waals surface area contributed by atoms with E-state index in [-0.39, 0.29) is 69.7 Å². The Bertz CT molecular complexity index is 1490. The summed E-state index contributed by atoms with van der Waals surface area (Å²) in [7, 11) is -3.64. The molecule has 0 spiro atoms. The van der Waals surface area contributed by atoms with E-state index in [0.717, 1.165) is 0 Å². The lowest BCUT2D eigenvalue weighted by molar-refractivity contribution is -0.121. The maximum Gasteiger partial charge on any atom is 0.261 e. The second-order valence-corrected chi connectivity index (χ2v) is 34.7. The zero-order chi connectivity index (χ0) is 44.3. The average Bonchev–Trinajstić information content (AvgIpc) is 3.14. The zero-order valence-corrected chi connectivity index (χ0v) is 43.2. The van der Waals surface area contributed by atoms with Crippen molar-refractivity contribution < 1.29 is 32.3 Å². The molecule has 7 nitrogen and oxygen atoms in total. The Kier molecular flexibility index (Phi) is 19.8. The quantitative estimate of drug-likeness (QED) is 0.0626. The van der Waals surface area contributed by atoms with E-state index in [9.17, 15) is 4.79 Å². The van der Waals surface area contributed by atoms with Crippen LogP contribution in [0.3, 0.4) is 0 Å². The number of carbonyl (C=O) groups excluding carboxylic acids is 1. The molecule has 0 aliphatic heterocycles. The molecule has 0 N–H and O–H groups in total. The number of hydrogen-bond donors (Lipinski definition) is 0. The van der Waals surface area contributed by atoms with Crippen LogP contribution < -0.4 is 10.4 Å². The fourth-order valence-electron chi connectivity index (χ4n) is 7.06. The number of hydrogen-bond acceptors (Lipinski definition) is 7. The van der Waals surface area contributed by atoms with Crippen molar-refractivity contribution in [1.29, 1.82) is 0 Å². The third kappa shape index (κ3) is 13.9. The molecule has 0 fully saturated rings. The Morgan fingerprint density at radius 3 is 1.57 bits per heavy atom. The van der Waals surface area contributed by atoms with E-state index in [4.69, 9.17) is 27.5 Å². The van der Waals surface area contributed by atoms with Crippen LogP contribution in [0.5, 0.6) is 0 Å². The highest BCUT2D eigenvalue weighted by atomic mass is 28.4. The van der Waals surface area contributed by atoms with E-state index in [1.165, 1.54) is 10.4 Å². The highest BCUT2D eigenvalue weighted by Gasteiger charge is 2.51. The van der Waals surface area contributed by atoms with Crippen LogP contribution in [-0.2, 0) is 32.3 Å². The first kappa shape index (κ1) is 52.4. The third-order valence-electron chi connectivity index (χ3n) is 13.2. The van der Waals surface area contributed by atoms with Gasteiger partial charge in [0.25, 0.3) is 8.32 Å². The lowest BCUT2D eigenvalue weighted by Gasteiger charge is -2.45. The van der Waals surface area contributed by atoms with E-state index < -0.39 is 25.0 Å². The minimum Gasteiger partial charge on any atom is -0.416 e. The summed E-state index contributed by atoms with van der Waals surface area (Å²) in [6.45, 7) is 39.3. The molecule has 330 valence electrons. The van der Waals surface area contributed by atoms with Gasteiger partial charge in [0.05, 0.1) is 18.3 Å². The number of ether oxygens (including phenoxy) is 3. The molecule has 0 bridgehead atoms. The van der Waals surface area contributed by atoms with Gasteiger partial charge < -0.3 is 27.5 Å². The first-order valence-electron chi connectivity index (χ1n) is 21.6. The maximum atomic E-state index is 14.3. The summed E-state index contributed by atoms with van der Waals surface area (Å²) in [5.41, 5.74) is 0. The number of benzene rings is 2. The number of rotatable bonds is 23. The van der Waals surface area contributed by atoms with Crippen molar-refractivity contribution in [3.05, 3.63) is 72.8 Å². The number of ketones is 1. The summed E-state index contributed by atoms with van der Waals surface area (Å²) in [5.74, 6) is -0.312. The van der Waals surface area contributed by atoms with Crippen molar-refractivity contribution in [2.45, 2.75) is 156 Å². The van der Waals surface area contributed by atoms with Gasteiger partial charge in [0.15, 0.2) is 22.4 Å². The molecule has 0 saturated heterocycles. The molecule has 0 radical (unpaired) electrons. The molecule has 0 aliphatic carbocycles. The van der Waals surface area contributed by atoms with Gasteiger partial charge in [-0.15, -0.1) is 0 Å². The fourth-order valence-corrected chi connectivity index (χ4v) is 14.3. The molecule has 2 aromatic carbocycles. The molecular formula is C48H84O7Si3. The predicted molar refractivity (Wildman–Crippen MR) is 252 cm³/mol. The molecule has 7 atom stereocenters. The highest BCUT2D eigenvalue weighted by Crippen LogP contribution is 2.41. The Morgan fingerprint density at radius 1 is 0.655 bits per heavy atom.